The van der Waals surface area contributed by atoms with Crippen LogP contribution in [0.25, 0.3) is 5.57 Å². The Morgan fingerprint density at radius 2 is 2.32 bits per heavy atom. The van der Waals surface area contributed by atoms with Gasteiger partial charge in [0.2, 0.25) is 0 Å². The Kier molecular flexibility index (Phi) is 3.03. The Bertz CT molecular complexity index is 577. The van der Waals surface area contributed by atoms with Crippen molar-refractivity contribution in [2.75, 3.05) is 18.0 Å². The number of aryl methyl sites for hydroxylation is 1. The summed E-state index contributed by atoms with van der Waals surface area (Å²) in [4.78, 5) is 21.6. The molecule has 2 N–H and O–H groups in total. The van der Waals surface area contributed by atoms with Crippen molar-refractivity contribution in [3.63, 3.8) is 0 Å². The van der Waals surface area contributed by atoms with Gasteiger partial charge in [0, 0.05) is 31.1 Å². The summed E-state index contributed by atoms with van der Waals surface area (Å²) >= 11 is 0. The van der Waals surface area contributed by atoms with Crippen LogP contribution in [0.4, 0.5) is 10.6 Å². The Hall–Kier alpha value is -2.17. The zero-order valence-corrected chi connectivity index (χ0v) is 10.7. The summed E-state index contributed by atoms with van der Waals surface area (Å²) in [6, 6.07) is 1.67. The van der Waals surface area contributed by atoms with Crippen molar-refractivity contribution in [1.29, 1.82) is 0 Å². The zero-order valence-electron chi connectivity index (χ0n) is 10.7. The van der Waals surface area contributed by atoms with Crippen LogP contribution in [0.3, 0.4) is 0 Å². The number of allylic oxidation sites excluding steroid dienone is 1. The van der Waals surface area contributed by atoms with Gasteiger partial charge < -0.3 is 5.73 Å². The average Bonchev–Trinajstić information content (AvgIpc) is 2.47. The molecule has 5 nitrogen and oxygen atoms in total. The summed E-state index contributed by atoms with van der Waals surface area (Å²) in [5, 5.41) is 0. The Morgan fingerprint density at radius 1 is 1.42 bits per heavy atom. The molecule has 0 saturated heterocycles. The number of carbonyl (C=O) groups excluding carboxylic acids is 1. The molecule has 0 fully saturated rings. The van der Waals surface area contributed by atoms with E-state index >= 15 is 0 Å². The molecule has 3 rings (SSSR count). The van der Waals surface area contributed by atoms with Crippen molar-refractivity contribution in [3.8, 4) is 0 Å². The normalized spacial score (nSPS) is 17.9. The van der Waals surface area contributed by atoms with Crippen LogP contribution in [0, 0.1) is 0 Å². The highest BCUT2D eigenvalue weighted by Gasteiger charge is 2.22. The second-order valence-corrected chi connectivity index (χ2v) is 4.78. The molecule has 2 aliphatic heterocycles. The molecule has 0 aromatic carbocycles. The molecule has 0 radical (unpaired) electrons. The third-order valence-corrected chi connectivity index (χ3v) is 3.48. The minimum absolute atomic E-state index is 0.431. The number of nitrogens with zero attached hydrogens (tertiary/aromatic N) is 3. The maximum atomic E-state index is 11.4. The quantitative estimate of drug-likeness (QED) is 0.831. The summed E-state index contributed by atoms with van der Waals surface area (Å²) in [6.07, 6.45) is 8.69. The standard InChI is InChI=1S/C14H16N4O/c15-14(19)18-6-2-4-10-7-12(9-17-13(10)18)11-3-1-5-16-8-11/h3,7-9H,1-2,4-6H2,(H2,15,19). The van der Waals surface area contributed by atoms with Gasteiger partial charge in [0.15, 0.2) is 0 Å². The first-order valence-corrected chi connectivity index (χ1v) is 6.52. The van der Waals surface area contributed by atoms with E-state index in [4.69, 9.17) is 5.73 Å². The van der Waals surface area contributed by atoms with Crippen molar-refractivity contribution in [2.24, 2.45) is 10.7 Å². The SMILES string of the molecule is NC(=O)N1CCCc2cc(C3=CCCN=C3)cnc21. The summed E-state index contributed by atoms with van der Waals surface area (Å²) in [5.74, 6) is 0.704. The van der Waals surface area contributed by atoms with Crippen LogP contribution in [0.5, 0.6) is 0 Å². The van der Waals surface area contributed by atoms with Gasteiger partial charge in [-0.05, 0) is 36.5 Å². The second kappa shape index (κ2) is 4.84. The van der Waals surface area contributed by atoms with Gasteiger partial charge >= 0.3 is 6.03 Å². The van der Waals surface area contributed by atoms with Gasteiger partial charge in [0.25, 0.3) is 0 Å². The van der Waals surface area contributed by atoms with Gasteiger partial charge in [-0.25, -0.2) is 9.78 Å². The van der Waals surface area contributed by atoms with Crippen molar-refractivity contribution >= 4 is 23.6 Å². The fourth-order valence-electron chi connectivity index (χ4n) is 2.54. The lowest BCUT2D eigenvalue weighted by Crippen LogP contribution is -2.40. The Labute approximate surface area is 111 Å². The number of pyridine rings is 1. The fraction of sp³-hybridized carbons (Fsp3) is 0.357. The molecule has 1 aromatic heterocycles. The molecule has 3 heterocycles. The third-order valence-electron chi connectivity index (χ3n) is 3.48. The molecule has 2 amide bonds. The van der Waals surface area contributed by atoms with Crippen LogP contribution in [0.1, 0.15) is 24.0 Å². The lowest BCUT2D eigenvalue weighted by atomic mass is 10.00. The minimum Gasteiger partial charge on any atom is -0.351 e. The number of aromatic nitrogens is 1. The topological polar surface area (TPSA) is 71.6 Å². The summed E-state index contributed by atoms with van der Waals surface area (Å²) in [6.45, 7) is 1.51. The van der Waals surface area contributed by atoms with E-state index in [2.05, 4.69) is 22.1 Å². The highest BCUT2D eigenvalue weighted by atomic mass is 16.2. The molecule has 2 aliphatic rings. The van der Waals surface area contributed by atoms with Crippen molar-refractivity contribution in [2.45, 2.75) is 19.3 Å². The molecular formula is C14H16N4O. The van der Waals surface area contributed by atoms with Crippen molar-refractivity contribution in [1.82, 2.24) is 4.98 Å². The third kappa shape index (κ3) is 2.23. The average molecular weight is 256 g/mol. The number of aliphatic imine (C=N–C) groups is 1. The van der Waals surface area contributed by atoms with Crippen LogP contribution in [-0.2, 0) is 6.42 Å². The lowest BCUT2D eigenvalue weighted by molar-refractivity contribution is 0.253. The lowest BCUT2D eigenvalue weighted by Gasteiger charge is -2.27. The molecule has 0 unspecified atom stereocenters. The van der Waals surface area contributed by atoms with Crippen LogP contribution in [0.15, 0.2) is 23.3 Å². The van der Waals surface area contributed by atoms with Gasteiger partial charge in [-0.1, -0.05) is 6.08 Å². The monoisotopic (exact) mass is 256 g/mol. The zero-order chi connectivity index (χ0) is 13.2. The molecule has 0 aliphatic carbocycles. The Balaban J connectivity index is 1.98. The van der Waals surface area contributed by atoms with E-state index < -0.39 is 6.03 Å². The van der Waals surface area contributed by atoms with Gasteiger partial charge in [0.05, 0.1) is 0 Å². The predicted octanol–water partition coefficient (Wildman–Crippen LogP) is 1.77. The number of carbonyl (C=O) groups is 1. The van der Waals surface area contributed by atoms with Crippen molar-refractivity contribution in [3.05, 3.63) is 29.5 Å². The molecule has 0 spiro atoms. The largest absolute Gasteiger partial charge is 0.351 e. The maximum Gasteiger partial charge on any atom is 0.320 e. The predicted molar refractivity (Wildman–Crippen MR) is 75.4 cm³/mol. The molecule has 19 heavy (non-hydrogen) atoms. The van der Waals surface area contributed by atoms with Crippen LogP contribution in [0.2, 0.25) is 0 Å². The first-order chi connectivity index (χ1) is 9.25. The summed E-state index contributed by atoms with van der Waals surface area (Å²) in [5.41, 5.74) is 8.64. The van der Waals surface area contributed by atoms with E-state index in [1.807, 2.05) is 6.21 Å². The minimum atomic E-state index is -0.431. The molecule has 1 aromatic rings. The number of hydrogen-bond donors (Lipinski definition) is 1. The van der Waals surface area contributed by atoms with Gasteiger partial charge in [-0.3, -0.25) is 9.89 Å². The number of urea groups is 1. The van der Waals surface area contributed by atoms with E-state index in [-0.39, 0.29) is 0 Å². The van der Waals surface area contributed by atoms with Crippen LogP contribution < -0.4 is 10.6 Å². The first kappa shape index (κ1) is 11.9. The van der Waals surface area contributed by atoms with Crippen LogP contribution in [-0.4, -0.2) is 30.3 Å². The summed E-state index contributed by atoms with van der Waals surface area (Å²) in [7, 11) is 0. The highest BCUT2D eigenvalue weighted by molar-refractivity contribution is 6.10. The van der Waals surface area contributed by atoms with E-state index in [0.717, 1.165) is 42.5 Å². The van der Waals surface area contributed by atoms with E-state index in [0.29, 0.717) is 12.4 Å². The number of primary amides is 1. The molecule has 0 atom stereocenters. The number of dihydropyridines is 1. The van der Waals surface area contributed by atoms with Gasteiger partial charge in [0.1, 0.15) is 5.82 Å². The molecule has 5 heteroatoms. The number of nitrogens with two attached hydrogens (primary N) is 1. The number of anilines is 1. The molecule has 0 bridgehead atoms. The maximum absolute atomic E-state index is 11.4. The van der Waals surface area contributed by atoms with Crippen molar-refractivity contribution < 1.29 is 4.79 Å². The first-order valence-electron chi connectivity index (χ1n) is 6.52. The summed E-state index contributed by atoms with van der Waals surface area (Å²) < 4.78 is 0. The number of hydrogen-bond acceptors (Lipinski definition) is 3. The number of rotatable bonds is 1. The number of amides is 2. The molecular weight excluding hydrogens is 240 g/mol. The number of fused-ring (bicyclic) bond motifs is 1. The smallest absolute Gasteiger partial charge is 0.320 e. The van der Waals surface area contributed by atoms with E-state index in [1.165, 1.54) is 0 Å². The van der Waals surface area contributed by atoms with Crippen LogP contribution >= 0.6 is 0 Å². The highest BCUT2D eigenvalue weighted by Crippen LogP contribution is 2.27. The Morgan fingerprint density at radius 3 is 3.05 bits per heavy atom. The van der Waals surface area contributed by atoms with Gasteiger partial charge in [-0.2, -0.15) is 0 Å². The van der Waals surface area contributed by atoms with E-state index in [9.17, 15) is 4.79 Å². The molecule has 98 valence electrons. The molecule has 0 saturated carbocycles. The van der Waals surface area contributed by atoms with Gasteiger partial charge in [-0.15, -0.1) is 0 Å². The fourth-order valence-corrected chi connectivity index (χ4v) is 2.54. The van der Waals surface area contributed by atoms with E-state index in [1.54, 1.807) is 11.1 Å². The second-order valence-electron chi connectivity index (χ2n) is 4.78.